The van der Waals surface area contributed by atoms with Crippen molar-refractivity contribution in [2.45, 2.75) is 45.3 Å². The molecule has 2 atom stereocenters. The van der Waals surface area contributed by atoms with E-state index in [-0.39, 0.29) is 0 Å². The molecule has 0 radical (unpaired) electrons. The molecule has 1 aliphatic rings. The van der Waals surface area contributed by atoms with Gasteiger partial charge in [0.15, 0.2) is 0 Å². The summed E-state index contributed by atoms with van der Waals surface area (Å²) in [6, 6.07) is 0. The first kappa shape index (κ1) is 9.75. The number of hydrogen-bond donors (Lipinski definition) is 2. The van der Waals surface area contributed by atoms with Crippen LogP contribution < -0.4 is 0 Å². The summed E-state index contributed by atoms with van der Waals surface area (Å²) in [6.07, 6.45) is 2.64. The zero-order valence-electron chi connectivity index (χ0n) is 8.04. The van der Waals surface area contributed by atoms with Crippen LogP contribution >= 0.6 is 0 Å². The van der Waals surface area contributed by atoms with Gasteiger partial charge in [0, 0.05) is 0 Å². The molecule has 0 spiro atoms. The Balaban J connectivity index is 2.71. The molecule has 0 aromatic rings. The number of hydrogen-bond acceptors (Lipinski definition) is 2. The van der Waals surface area contributed by atoms with E-state index in [0.29, 0.717) is 18.8 Å². The van der Waals surface area contributed by atoms with E-state index in [0.717, 1.165) is 0 Å². The lowest BCUT2D eigenvalue weighted by Gasteiger charge is -2.34. The van der Waals surface area contributed by atoms with Crippen molar-refractivity contribution in [1.29, 1.82) is 0 Å². The van der Waals surface area contributed by atoms with Gasteiger partial charge in [-0.25, -0.2) is 0 Å². The zero-order valence-corrected chi connectivity index (χ0v) is 8.04. The van der Waals surface area contributed by atoms with Crippen LogP contribution in [0.15, 0.2) is 11.6 Å². The van der Waals surface area contributed by atoms with Gasteiger partial charge in [0.25, 0.3) is 0 Å². The fourth-order valence-corrected chi connectivity index (χ4v) is 1.47. The maximum atomic E-state index is 9.65. The van der Waals surface area contributed by atoms with Gasteiger partial charge in [-0.1, -0.05) is 25.5 Å². The number of aliphatic hydroxyl groups excluding tert-OH is 1. The highest BCUT2D eigenvalue weighted by molar-refractivity contribution is 5.14. The predicted octanol–water partition coefficient (Wildman–Crippen LogP) is 1.47. The van der Waals surface area contributed by atoms with Crippen molar-refractivity contribution in [3.05, 3.63) is 11.6 Å². The van der Waals surface area contributed by atoms with Gasteiger partial charge < -0.3 is 10.2 Å². The topological polar surface area (TPSA) is 40.5 Å². The van der Waals surface area contributed by atoms with Crippen molar-refractivity contribution >= 4 is 0 Å². The molecule has 0 heterocycles. The third-order valence-electron chi connectivity index (χ3n) is 2.67. The summed E-state index contributed by atoms with van der Waals surface area (Å²) in [4.78, 5) is 0. The smallest absolute Gasteiger partial charge is 0.0914 e. The van der Waals surface area contributed by atoms with Crippen molar-refractivity contribution in [2.75, 3.05) is 0 Å². The molecule has 0 unspecified atom stereocenters. The lowest BCUT2D eigenvalue weighted by molar-refractivity contribution is -0.0644. The van der Waals surface area contributed by atoms with Gasteiger partial charge in [-0.3, -0.25) is 0 Å². The molecule has 0 aliphatic heterocycles. The van der Waals surface area contributed by atoms with Crippen LogP contribution in [0.25, 0.3) is 0 Å². The van der Waals surface area contributed by atoms with E-state index in [9.17, 15) is 10.2 Å². The third-order valence-corrected chi connectivity index (χ3v) is 2.67. The van der Waals surface area contributed by atoms with Gasteiger partial charge in [-0.2, -0.15) is 0 Å². The quantitative estimate of drug-likeness (QED) is 0.585. The van der Waals surface area contributed by atoms with Gasteiger partial charge >= 0.3 is 0 Å². The minimum absolute atomic E-state index is 0.482. The summed E-state index contributed by atoms with van der Waals surface area (Å²) in [6.45, 7) is 5.91. The molecule has 2 heteroatoms. The van der Waals surface area contributed by atoms with Crippen molar-refractivity contribution in [3.63, 3.8) is 0 Å². The van der Waals surface area contributed by atoms with Gasteiger partial charge in [0.05, 0.1) is 11.7 Å². The van der Waals surface area contributed by atoms with Crippen LogP contribution in [0, 0.1) is 5.92 Å². The Kier molecular flexibility index (Phi) is 2.59. The van der Waals surface area contributed by atoms with E-state index in [1.807, 2.05) is 0 Å². The van der Waals surface area contributed by atoms with Crippen molar-refractivity contribution in [2.24, 2.45) is 5.92 Å². The van der Waals surface area contributed by atoms with E-state index in [1.165, 1.54) is 5.57 Å². The van der Waals surface area contributed by atoms with E-state index in [1.54, 1.807) is 6.92 Å². The summed E-state index contributed by atoms with van der Waals surface area (Å²) < 4.78 is 0. The summed E-state index contributed by atoms with van der Waals surface area (Å²) in [5.41, 5.74) is 0.340. The first-order valence-corrected chi connectivity index (χ1v) is 4.53. The second-order valence-electron chi connectivity index (χ2n) is 4.21. The van der Waals surface area contributed by atoms with E-state index in [4.69, 9.17) is 0 Å². The van der Waals surface area contributed by atoms with Crippen LogP contribution in [0.4, 0.5) is 0 Å². The van der Waals surface area contributed by atoms with Gasteiger partial charge in [-0.05, 0) is 25.7 Å². The van der Waals surface area contributed by atoms with E-state index >= 15 is 0 Å². The SMILES string of the molecule is CC(C)C1=CC[C@](C)(O)[C@@H](O)C1. The minimum Gasteiger partial charge on any atom is -0.390 e. The van der Waals surface area contributed by atoms with Crippen molar-refractivity contribution in [3.8, 4) is 0 Å². The highest BCUT2D eigenvalue weighted by Gasteiger charge is 2.33. The molecule has 0 aromatic carbocycles. The van der Waals surface area contributed by atoms with Crippen LogP contribution in [0.3, 0.4) is 0 Å². The summed E-state index contributed by atoms with van der Waals surface area (Å²) in [7, 11) is 0. The van der Waals surface area contributed by atoms with Crippen LogP contribution in [0.2, 0.25) is 0 Å². The van der Waals surface area contributed by atoms with Gasteiger partial charge in [0.2, 0.25) is 0 Å². The highest BCUT2D eigenvalue weighted by Crippen LogP contribution is 2.30. The fraction of sp³-hybridized carbons (Fsp3) is 0.800. The van der Waals surface area contributed by atoms with Crippen LogP contribution in [0.5, 0.6) is 0 Å². The Morgan fingerprint density at radius 3 is 2.58 bits per heavy atom. The highest BCUT2D eigenvalue weighted by atomic mass is 16.3. The standard InChI is InChI=1S/C10H18O2/c1-7(2)8-4-5-10(3,12)9(11)6-8/h4,7,9,11-12H,5-6H2,1-3H3/t9-,10-/m0/s1. The minimum atomic E-state index is -0.918. The first-order valence-electron chi connectivity index (χ1n) is 4.53. The summed E-state index contributed by atoms with van der Waals surface area (Å²) >= 11 is 0. The molecule has 0 saturated carbocycles. The lowest BCUT2D eigenvalue weighted by Crippen LogP contribution is -2.41. The third kappa shape index (κ3) is 1.87. The molecule has 12 heavy (non-hydrogen) atoms. The Labute approximate surface area is 73.9 Å². The Bertz CT molecular complexity index is 192. The molecule has 0 saturated heterocycles. The van der Waals surface area contributed by atoms with Crippen LogP contribution in [0.1, 0.15) is 33.6 Å². The van der Waals surface area contributed by atoms with Crippen molar-refractivity contribution in [1.82, 2.24) is 0 Å². The van der Waals surface area contributed by atoms with E-state index in [2.05, 4.69) is 19.9 Å². The summed E-state index contributed by atoms with van der Waals surface area (Å²) in [5.74, 6) is 0.482. The van der Waals surface area contributed by atoms with Crippen LogP contribution in [-0.2, 0) is 0 Å². The monoisotopic (exact) mass is 170 g/mol. The molecule has 0 aromatic heterocycles. The molecular weight excluding hydrogens is 152 g/mol. The molecule has 0 bridgehead atoms. The lowest BCUT2D eigenvalue weighted by atomic mass is 9.81. The maximum absolute atomic E-state index is 9.65. The average Bonchev–Trinajstić information content (AvgIpc) is 1.94. The van der Waals surface area contributed by atoms with Crippen LogP contribution in [-0.4, -0.2) is 21.9 Å². The molecule has 70 valence electrons. The maximum Gasteiger partial charge on any atom is 0.0914 e. The van der Waals surface area contributed by atoms with Gasteiger partial charge in [-0.15, -0.1) is 0 Å². The molecule has 2 N–H and O–H groups in total. The Morgan fingerprint density at radius 2 is 2.17 bits per heavy atom. The largest absolute Gasteiger partial charge is 0.390 e. The average molecular weight is 170 g/mol. The molecule has 1 rings (SSSR count). The second-order valence-corrected chi connectivity index (χ2v) is 4.21. The number of aliphatic hydroxyl groups is 2. The summed E-state index contributed by atoms with van der Waals surface area (Å²) in [5, 5.41) is 19.2. The van der Waals surface area contributed by atoms with E-state index < -0.39 is 11.7 Å². The predicted molar refractivity (Wildman–Crippen MR) is 48.8 cm³/mol. The zero-order chi connectivity index (χ0) is 9.35. The second kappa shape index (κ2) is 3.19. The molecular formula is C10H18O2. The normalized spacial score (nSPS) is 36.8. The molecule has 0 amide bonds. The molecule has 0 fully saturated rings. The van der Waals surface area contributed by atoms with Gasteiger partial charge in [0.1, 0.15) is 0 Å². The molecule has 1 aliphatic carbocycles. The first-order chi connectivity index (χ1) is 5.43. The molecule has 2 nitrogen and oxygen atoms in total. The van der Waals surface area contributed by atoms with Crippen molar-refractivity contribution < 1.29 is 10.2 Å². The Hall–Kier alpha value is -0.340. The Morgan fingerprint density at radius 1 is 1.58 bits per heavy atom. The fourth-order valence-electron chi connectivity index (χ4n) is 1.47. The number of rotatable bonds is 1.